The third-order valence-corrected chi connectivity index (χ3v) is 2.12. The Balaban J connectivity index is 1.95. The summed E-state index contributed by atoms with van der Waals surface area (Å²) in [6.45, 7) is 1.10. The van der Waals surface area contributed by atoms with E-state index in [0.717, 1.165) is 18.4 Å². The zero-order valence-electron chi connectivity index (χ0n) is 5.01. The average Bonchev–Trinajstić information content (AvgIpc) is 2.49. The lowest BCUT2D eigenvalue weighted by Gasteiger charge is -1.98. The number of hydrogen-bond acceptors (Lipinski definition) is 1. The van der Waals surface area contributed by atoms with Crippen molar-refractivity contribution in [2.45, 2.75) is 19.3 Å². The van der Waals surface area contributed by atoms with Gasteiger partial charge in [0.2, 0.25) is 0 Å². The van der Waals surface area contributed by atoms with Crippen molar-refractivity contribution in [2.24, 2.45) is 16.8 Å². The van der Waals surface area contributed by atoms with Gasteiger partial charge in [-0.2, -0.15) is 0 Å². The molecule has 1 aliphatic heterocycles. The van der Waals surface area contributed by atoms with Crippen molar-refractivity contribution in [3.8, 4) is 0 Å². The summed E-state index contributed by atoms with van der Waals surface area (Å²) in [5.74, 6) is 1.93. The second-order valence-corrected chi connectivity index (χ2v) is 2.85. The van der Waals surface area contributed by atoms with Gasteiger partial charge < -0.3 is 0 Å². The van der Waals surface area contributed by atoms with Gasteiger partial charge in [0.25, 0.3) is 0 Å². The molecule has 0 aromatic rings. The van der Waals surface area contributed by atoms with Crippen molar-refractivity contribution in [1.29, 1.82) is 0 Å². The summed E-state index contributed by atoms with van der Waals surface area (Å²) in [6.07, 6.45) is 6.44. The van der Waals surface area contributed by atoms with E-state index in [1.165, 1.54) is 19.3 Å². The summed E-state index contributed by atoms with van der Waals surface area (Å²) in [5.41, 5.74) is 0. The zero-order valence-corrected chi connectivity index (χ0v) is 5.01. The third kappa shape index (κ3) is 0.662. The molecule has 2 rings (SSSR count). The van der Waals surface area contributed by atoms with Gasteiger partial charge in [-0.1, -0.05) is 0 Å². The van der Waals surface area contributed by atoms with Crippen LogP contribution in [-0.4, -0.2) is 12.8 Å². The van der Waals surface area contributed by atoms with Crippen LogP contribution in [0.5, 0.6) is 0 Å². The fraction of sp³-hybridized carbons (Fsp3) is 0.857. The van der Waals surface area contributed by atoms with E-state index in [1.54, 1.807) is 0 Å². The van der Waals surface area contributed by atoms with Crippen LogP contribution in [0.2, 0.25) is 0 Å². The van der Waals surface area contributed by atoms with Crippen LogP contribution >= 0.6 is 0 Å². The molecule has 1 heterocycles. The highest BCUT2D eigenvalue weighted by Gasteiger charge is 2.30. The van der Waals surface area contributed by atoms with Gasteiger partial charge in [-0.15, -0.1) is 0 Å². The van der Waals surface area contributed by atoms with Crippen LogP contribution in [0.25, 0.3) is 0 Å². The number of nitrogens with zero attached hydrogens (tertiary/aromatic N) is 1. The van der Waals surface area contributed by atoms with Crippen LogP contribution in [-0.2, 0) is 0 Å². The highest BCUT2D eigenvalue weighted by atomic mass is 14.7. The summed E-state index contributed by atoms with van der Waals surface area (Å²) < 4.78 is 0. The van der Waals surface area contributed by atoms with Crippen molar-refractivity contribution in [3.05, 3.63) is 0 Å². The standard InChI is InChI=1S/C7H11N/c1-2-6(1)7-3-4-8-5-7/h5-7H,1-4H2. The van der Waals surface area contributed by atoms with Crippen LogP contribution in [0.4, 0.5) is 0 Å². The van der Waals surface area contributed by atoms with Crippen LogP contribution in [0.3, 0.4) is 0 Å². The van der Waals surface area contributed by atoms with Crippen LogP contribution in [0, 0.1) is 11.8 Å². The Hall–Kier alpha value is -0.330. The Morgan fingerprint density at radius 1 is 1.25 bits per heavy atom. The summed E-state index contributed by atoms with van der Waals surface area (Å²) in [5, 5.41) is 0. The molecular formula is C7H11N. The molecule has 1 atom stereocenters. The minimum Gasteiger partial charge on any atom is -0.297 e. The Morgan fingerprint density at radius 2 is 2.12 bits per heavy atom. The van der Waals surface area contributed by atoms with Gasteiger partial charge in [0.05, 0.1) is 0 Å². The van der Waals surface area contributed by atoms with Gasteiger partial charge in [-0.05, 0) is 31.1 Å². The quantitative estimate of drug-likeness (QED) is 0.483. The molecule has 1 aliphatic carbocycles. The summed E-state index contributed by atoms with van der Waals surface area (Å²) in [6, 6.07) is 0. The molecule has 44 valence electrons. The van der Waals surface area contributed by atoms with Crippen molar-refractivity contribution >= 4 is 6.21 Å². The summed E-state index contributed by atoms with van der Waals surface area (Å²) >= 11 is 0. The first kappa shape index (κ1) is 4.54. The smallest absolute Gasteiger partial charge is 0.0391 e. The molecule has 0 aromatic heterocycles. The largest absolute Gasteiger partial charge is 0.297 e. The van der Waals surface area contributed by atoms with Crippen LogP contribution in [0.15, 0.2) is 4.99 Å². The molecule has 0 spiro atoms. The van der Waals surface area contributed by atoms with Crippen molar-refractivity contribution in [1.82, 2.24) is 0 Å². The van der Waals surface area contributed by atoms with Crippen molar-refractivity contribution < 1.29 is 0 Å². The van der Waals surface area contributed by atoms with Gasteiger partial charge >= 0.3 is 0 Å². The molecule has 1 saturated carbocycles. The molecule has 0 bridgehead atoms. The highest BCUT2D eigenvalue weighted by Crippen LogP contribution is 2.38. The summed E-state index contributed by atoms with van der Waals surface area (Å²) in [7, 11) is 0. The number of hydrogen-bond donors (Lipinski definition) is 0. The lowest BCUT2D eigenvalue weighted by atomic mass is 10.0. The molecule has 8 heavy (non-hydrogen) atoms. The molecule has 0 radical (unpaired) electrons. The number of rotatable bonds is 1. The van der Waals surface area contributed by atoms with Gasteiger partial charge in [0, 0.05) is 12.8 Å². The lowest BCUT2D eigenvalue weighted by molar-refractivity contribution is 0.606. The van der Waals surface area contributed by atoms with E-state index in [4.69, 9.17) is 0 Å². The minimum absolute atomic E-state index is 0.884. The molecule has 1 nitrogen and oxygen atoms in total. The van der Waals surface area contributed by atoms with Gasteiger partial charge in [0.15, 0.2) is 0 Å². The molecular weight excluding hydrogens is 98.1 g/mol. The molecule has 0 aromatic carbocycles. The van der Waals surface area contributed by atoms with Crippen LogP contribution < -0.4 is 0 Å². The SMILES string of the molecule is C1=NCCC1C1CC1. The van der Waals surface area contributed by atoms with Crippen molar-refractivity contribution in [3.63, 3.8) is 0 Å². The maximum atomic E-state index is 4.20. The van der Waals surface area contributed by atoms with E-state index in [9.17, 15) is 0 Å². The van der Waals surface area contributed by atoms with E-state index < -0.39 is 0 Å². The fourth-order valence-electron chi connectivity index (χ4n) is 1.39. The molecule has 2 aliphatic rings. The third-order valence-electron chi connectivity index (χ3n) is 2.12. The van der Waals surface area contributed by atoms with E-state index in [-0.39, 0.29) is 0 Å². The Bertz CT molecular complexity index is 114. The van der Waals surface area contributed by atoms with Gasteiger partial charge in [-0.25, -0.2) is 0 Å². The highest BCUT2D eigenvalue weighted by molar-refractivity contribution is 5.63. The molecule has 0 saturated heterocycles. The summed E-state index contributed by atoms with van der Waals surface area (Å²) in [4.78, 5) is 4.20. The van der Waals surface area contributed by atoms with Crippen molar-refractivity contribution in [2.75, 3.05) is 6.54 Å². The van der Waals surface area contributed by atoms with E-state index in [1.807, 2.05) is 0 Å². The molecule has 0 N–H and O–H groups in total. The first-order valence-electron chi connectivity index (χ1n) is 3.47. The normalized spacial score (nSPS) is 36.2. The minimum atomic E-state index is 0.884. The zero-order chi connectivity index (χ0) is 5.40. The second kappa shape index (κ2) is 1.57. The second-order valence-electron chi connectivity index (χ2n) is 2.85. The maximum Gasteiger partial charge on any atom is 0.0391 e. The fourth-order valence-corrected chi connectivity index (χ4v) is 1.39. The Kier molecular flexibility index (Phi) is 0.893. The predicted molar refractivity (Wildman–Crippen MR) is 34.2 cm³/mol. The predicted octanol–water partition coefficient (Wildman–Crippen LogP) is 1.49. The van der Waals surface area contributed by atoms with E-state index in [0.29, 0.717) is 0 Å². The molecule has 1 heteroatoms. The topological polar surface area (TPSA) is 12.4 Å². The van der Waals surface area contributed by atoms with Crippen LogP contribution in [0.1, 0.15) is 19.3 Å². The first-order valence-corrected chi connectivity index (χ1v) is 3.47. The molecule has 1 fully saturated rings. The molecule has 1 unspecified atom stereocenters. The number of aliphatic imine (C=N–C) groups is 1. The monoisotopic (exact) mass is 109 g/mol. The molecule has 0 amide bonds. The average molecular weight is 109 g/mol. The van der Waals surface area contributed by atoms with E-state index >= 15 is 0 Å². The van der Waals surface area contributed by atoms with Gasteiger partial charge in [0.1, 0.15) is 0 Å². The maximum absolute atomic E-state index is 4.20. The first-order chi connectivity index (χ1) is 3.97. The Morgan fingerprint density at radius 3 is 2.62 bits per heavy atom. The van der Waals surface area contributed by atoms with Gasteiger partial charge in [-0.3, -0.25) is 4.99 Å². The lowest BCUT2D eigenvalue weighted by Crippen LogP contribution is -1.98. The Labute approximate surface area is 49.8 Å². The van der Waals surface area contributed by atoms with E-state index in [2.05, 4.69) is 11.2 Å².